The van der Waals surface area contributed by atoms with Crippen LogP contribution in [0.5, 0.6) is 0 Å². The van der Waals surface area contributed by atoms with Gasteiger partial charge in [0, 0.05) is 44.5 Å². The zero-order valence-corrected chi connectivity index (χ0v) is 13.6. The number of carbonyl (C=O) groups is 1. The summed E-state index contributed by atoms with van der Waals surface area (Å²) in [7, 11) is 2.02. The topological polar surface area (TPSA) is 39.4 Å². The molecule has 1 aromatic heterocycles. The highest BCUT2D eigenvalue weighted by Crippen LogP contribution is 2.26. The molecule has 1 unspecified atom stereocenters. The maximum absolute atomic E-state index is 12.3. The molecule has 0 bridgehead atoms. The highest BCUT2D eigenvalue weighted by Gasteiger charge is 2.25. The minimum atomic E-state index is 0.232. The fourth-order valence-corrected chi connectivity index (χ4v) is 3.69. The number of rotatable bonds is 3. The fraction of sp³-hybridized carbons (Fsp3) is 0.733. The van der Waals surface area contributed by atoms with Crippen LogP contribution in [0.4, 0.5) is 0 Å². The van der Waals surface area contributed by atoms with Gasteiger partial charge in [0.15, 0.2) is 4.77 Å². The molecule has 1 amide bonds. The van der Waals surface area contributed by atoms with Crippen LogP contribution in [0.15, 0.2) is 0 Å². The summed E-state index contributed by atoms with van der Waals surface area (Å²) in [6.07, 6.45) is 2.42. The number of ether oxygens (including phenoxy) is 1. The Bertz CT molecular complexity index is 599. The normalized spacial score (nSPS) is 21.6. The quantitative estimate of drug-likeness (QED) is 0.795. The summed E-state index contributed by atoms with van der Waals surface area (Å²) >= 11 is 5.51. The van der Waals surface area contributed by atoms with Crippen molar-refractivity contribution in [1.29, 1.82) is 0 Å². The lowest BCUT2D eigenvalue weighted by atomic mass is 10.1. The van der Waals surface area contributed by atoms with E-state index < -0.39 is 0 Å². The van der Waals surface area contributed by atoms with E-state index >= 15 is 0 Å². The largest absolute Gasteiger partial charge is 0.378 e. The lowest BCUT2D eigenvalue weighted by Gasteiger charge is -2.26. The molecule has 1 atom stereocenters. The lowest BCUT2D eigenvalue weighted by Crippen LogP contribution is -2.40. The van der Waals surface area contributed by atoms with Gasteiger partial charge in [-0.05, 0) is 31.0 Å². The van der Waals surface area contributed by atoms with E-state index in [1.54, 1.807) is 0 Å². The van der Waals surface area contributed by atoms with Gasteiger partial charge >= 0.3 is 0 Å². The molecule has 3 rings (SSSR count). The van der Waals surface area contributed by atoms with Crippen molar-refractivity contribution in [2.45, 2.75) is 32.7 Å². The van der Waals surface area contributed by atoms with E-state index in [-0.39, 0.29) is 5.91 Å². The number of morpholine rings is 1. The van der Waals surface area contributed by atoms with E-state index in [0.29, 0.717) is 25.6 Å². The molecule has 0 saturated carbocycles. The lowest BCUT2D eigenvalue weighted by molar-refractivity contribution is -0.135. The second-order valence-electron chi connectivity index (χ2n) is 6.15. The van der Waals surface area contributed by atoms with Crippen LogP contribution in [0, 0.1) is 10.7 Å². The molecule has 6 heteroatoms. The number of imidazole rings is 1. The summed E-state index contributed by atoms with van der Waals surface area (Å²) in [5.74, 6) is 0.881. The van der Waals surface area contributed by atoms with Crippen LogP contribution in [0.25, 0.3) is 0 Å². The summed E-state index contributed by atoms with van der Waals surface area (Å²) in [5.41, 5.74) is 2.58. The van der Waals surface area contributed by atoms with E-state index in [1.807, 2.05) is 11.9 Å². The molecule has 0 aromatic carbocycles. The maximum Gasteiger partial charge on any atom is 0.223 e. The molecular weight excluding hydrogens is 286 g/mol. The van der Waals surface area contributed by atoms with Crippen LogP contribution in [-0.4, -0.2) is 46.2 Å². The molecular formula is C15H23N3O2S. The predicted molar refractivity (Wildman–Crippen MR) is 82.8 cm³/mol. The Labute approximate surface area is 130 Å². The van der Waals surface area contributed by atoms with Crippen LogP contribution in [0.2, 0.25) is 0 Å². The van der Waals surface area contributed by atoms with Gasteiger partial charge in [-0.1, -0.05) is 6.92 Å². The van der Waals surface area contributed by atoms with Crippen LogP contribution in [0.3, 0.4) is 0 Å². The Hall–Kier alpha value is -1.14. The molecule has 1 saturated heterocycles. The number of hydrogen-bond donors (Lipinski definition) is 0. The third-order valence-electron chi connectivity index (χ3n) is 4.56. The van der Waals surface area contributed by atoms with Crippen molar-refractivity contribution in [3.8, 4) is 0 Å². The zero-order chi connectivity index (χ0) is 15.0. The molecule has 2 aliphatic rings. The number of nitrogens with zero attached hydrogens (tertiary/aromatic N) is 3. The number of aromatic nitrogens is 2. The molecule has 0 N–H and O–H groups in total. The van der Waals surface area contributed by atoms with Gasteiger partial charge in [0.25, 0.3) is 0 Å². The summed E-state index contributed by atoms with van der Waals surface area (Å²) in [6, 6.07) is 0. The van der Waals surface area contributed by atoms with Crippen molar-refractivity contribution in [1.82, 2.24) is 14.0 Å². The first-order chi connectivity index (χ1) is 10.1. The van der Waals surface area contributed by atoms with Gasteiger partial charge in [-0.15, -0.1) is 0 Å². The van der Waals surface area contributed by atoms with Crippen LogP contribution in [0.1, 0.15) is 24.7 Å². The summed E-state index contributed by atoms with van der Waals surface area (Å²) < 4.78 is 10.5. The van der Waals surface area contributed by atoms with E-state index in [0.717, 1.165) is 37.2 Å². The summed E-state index contributed by atoms with van der Waals surface area (Å²) in [5, 5.41) is 0. The third-order valence-corrected chi connectivity index (χ3v) is 5.05. The van der Waals surface area contributed by atoms with E-state index in [4.69, 9.17) is 17.0 Å². The van der Waals surface area contributed by atoms with Crippen molar-refractivity contribution >= 4 is 18.1 Å². The molecule has 116 valence electrons. The van der Waals surface area contributed by atoms with Gasteiger partial charge < -0.3 is 18.8 Å². The SMILES string of the molecule is CC1Cc2c(CCC(=O)N3CCOCC3)n(C)c(=S)n2C1. The van der Waals surface area contributed by atoms with Crippen molar-refractivity contribution in [3.05, 3.63) is 16.2 Å². The minimum Gasteiger partial charge on any atom is -0.378 e. The summed E-state index contributed by atoms with van der Waals surface area (Å²) in [6.45, 7) is 6.04. The predicted octanol–water partition coefficient (Wildman–Crippen LogP) is 1.54. The second-order valence-corrected chi connectivity index (χ2v) is 6.51. The van der Waals surface area contributed by atoms with Gasteiger partial charge in [-0.3, -0.25) is 4.79 Å². The third kappa shape index (κ3) is 2.79. The molecule has 0 spiro atoms. The first-order valence-corrected chi connectivity index (χ1v) is 8.11. The van der Waals surface area contributed by atoms with Crippen molar-refractivity contribution < 1.29 is 9.53 Å². The maximum atomic E-state index is 12.3. The van der Waals surface area contributed by atoms with E-state index in [9.17, 15) is 4.79 Å². The molecule has 1 fully saturated rings. The Morgan fingerprint density at radius 2 is 2.10 bits per heavy atom. The van der Waals surface area contributed by atoms with Crippen LogP contribution < -0.4 is 0 Å². The van der Waals surface area contributed by atoms with Gasteiger partial charge in [-0.25, -0.2) is 0 Å². The standard InChI is InChI=1S/C15H23N3O2S/c1-11-9-13-12(16(2)15(21)18(13)10-11)3-4-14(19)17-5-7-20-8-6-17/h11H,3-10H2,1-2H3. The van der Waals surface area contributed by atoms with Gasteiger partial charge in [0.2, 0.25) is 5.91 Å². The number of hydrogen-bond acceptors (Lipinski definition) is 3. The summed E-state index contributed by atoms with van der Waals surface area (Å²) in [4.78, 5) is 14.2. The first kappa shape index (κ1) is 14.8. The van der Waals surface area contributed by atoms with E-state index in [1.165, 1.54) is 11.4 Å². The van der Waals surface area contributed by atoms with Gasteiger partial charge in [0.05, 0.1) is 13.2 Å². The Balaban J connectivity index is 1.70. The molecule has 2 aliphatic heterocycles. The van der Waals surface area contributed by atoms with Crippen LogP contribution in [-0.2, 0) is 36.0 Å². The fourth-order valence-electron chi connectivity index (χ4n) is 3.39. The molecule has 0 radical (unpaired) electrons. The molecule has 0 aliphatic carbocycles. The first-order valence-electron chi connectivity index (χ1n) is 7.70. The zero-order valence-electron chi connectivity index (χ0n) is 12.8. The number of carbonyl (C=O) groups excluding carboxylic acids is 1. The van der Waals surface area contributed by atoms with E-state index in [2.05, 4.69) is 16.1 Å². The molecule has 5 nitrogen and oxygen atoms in total. The average molecular weight is 309 g/mol. The monoisotopic (exact) mass is 309 g/mol. The van der Waals surface area contributed by atoms with Gasteiger partial charge in [-0.2, -0.15) is 0 Å². The van der Waals surface area contributed by atoms with Crippen LogP contribution >= 0.6 is 12.2 Å². The van der Waals surface area contributed by atoms with Crippen molar-refractivity contribution in [3.63, 3.8) is 0 Å². The highest BCUT2D eigenvalue weighted by molar-refractivity contribution is 7.71. The van der Waals surface area contributed by atoms with Crippen molar-refractivity contribution in [2.24, 2.45) is 13.0 Å². The second kappa shape index (κ2) is 5.93. The molecule has 3 heterocycles. The number of fused-ring (bicyclic) bond motifs is 1. The Morgan fingerprint density at radius 1 is 1.38 bits per heavy atom. The smallest absolute Gasteiger partial charge is 0.223 e. The Morgan fingerprint density at radius 3 is 2.81 bits per heavy atom. The highest BCUT2D eigenvalue weighted by atomic mass is 32.1. The average Bonchev–Trinajstić information content (AvgIpc) is 2.97. The molecule has 1 aromatic rings. The van der Waals surface area contributed by atoms with Crippen molar-refractivity contribution in [2.75, 3.05) is 26.3 Å². The molecule has 21 heavy (non-hydrogen) atoms. The Kier molecular flexibility index (Phi) is 4.17. The number of amides is 1. The van der Waals surface area contributed by atoms with Gasteiger partial charge in [0.1, 0.15) is 0 Å². The minimum absolute atomic E-state index is 0.232.